The van der Waals surface area contributed by atoms with E-state index in [0.717, 1.165) is 19.5 Å². The van der Waals surface area contributed by atoms with Crippen LogP contribution >= 0.6 is 0 Å². The number of hydrogen-bond acceptors (Lipinski definition) is 3. The summed E-state index contributed by atoms with van der Waals surface area (Å²) in [6, 6.07) is 10.1. The first-order chi connectivity index (χ1) is 10.3. The van der Waals surface area contributed by atoms with E-state index in [0.29, 0.717) is 32.1 Å². The third kappa shape index (κ3) is 5.86. The van der Waals surface area contributed by atoms with Crippen LogP contribution in [0.1, 0.15) is 24.8 Å². The van der Waals surface area contributed by atoms with E-state index < -0.39 is 0 Å². The number of hydrogen-bond donors (Lipinski definition) is 1. The van der Waals surface area contributed by atoms with Gasteiger partial charge in [0.05, 0.1) is 13.2 Å². The van der Waals surface area contributed by atoms with Crippen LogP contribution < -0.4 is 5.32 Å². The molecule has 1 N–H and O–H groups in total. The molecule has 0 radical (unpaired) electrons. The van der Waals surface area contributed by atoms with E-state index >= 15 is 0 Å². The number of likely N-dealkylation sites (N-methyl/N-ethyl adjacent to an activating group) is 1. The quantitative estimate of drug-likeness (QED) is 0.745. The maximum absolute atomic E-state index is 12.0. The fourth-order valence-corrected chi connectivity index (χ4v) is 2.57. The van der Waals surface area contributed by atoms with E-state index in [4.69, 9.17) is 4.74 Å². The summed E-state index contributed by atoms with van der Waals surface area (Å²) in [5.41, 5.74) is 1.17. The summed E-state index contributed by atoms with van der Waals surface area (Å²) in [4.78, 5) is 13.8. The average Bonchev–Trinajstić information content (AvgIpc) is 3.03. The van der Waals surface area contributed by atoms with Crippen molar-refractivity contribution >= 4 is 5.91 Å². The molecule has 4 nitrogen and oxygen atoms in total. The third-order valence-corrected chi connectivity index (χ3v) is 4.04. The van der Waals surface area contributed by atoms with Crippen molar-refractivity contribution in [2.24, 2.45) is 5.92 Å². The van der Waals surface area contributed by atoms with Crippen molar-refractivity contribution in [2.75, 3.05) is 33.3 Å². The van der Waals surface area contributed by atoms with E-state index in [-0.39, 0.29) is 5.91 Å². The van der Waals surface area contributed by atoms with Gasteiger partial charge < -0.3 is 15.0 Å². The van der Waals surface area contributed by atoms with Crippen LogP contribution in [0.4, 0.5) is 0 Å². The molecule has 0 spiro atoms. The minimum absolute atomic E-state index is 0.227. The number of benzene rings is 1. The lowest BCUT2D eigenvalue weighted by molar-refractivity contribution is -0.130. The molecule has 1 amide bonds. The van der Waals surface area contributed by atoms with E-state index in [1.54, 1.807) is 4.90 Å². The first-order valence-electron chi connectivity index (χ1n) is 7.82. The molecule has 0 aromatic heterocycles. The lowest BCUT2D eigenvalue weighted by atomic mass is 10.0. The molecule has 1 saturated heterocycles. The van der Waals surface area contributed by atoms with Gasteiger partial charge in [-0.3, -0.25) is 4.79 Å². The van der Waals surface area contributed by atoms with Gasteiger partial charge in [-0.2, -0.15) is 0 Å². The summed E-state index contributed by atoms with van der Waals surface area (Å²) in [6.45, 7) is 4.02. The van der Waals surface area contributed by atoms with Crippen molar-refractivity contribution in [3.63, 3.8) is 0 Å². The summed E-state index contributed by atoms with van der Waals surface area (Å²) in [6.07, 6.45) is 2.86. The zero-order valence-corrected chi connectivity index (χ0v) is 12.9. The Kier molecular flexibility index (Phi) is 6.70. The Bertz CT molecular complexity index is 416. The highest BCUT2D eigenvalue weighted by Crippen LogP contribution is 2.14. The zero-order chi connectivity index (χ0) is 14.9. The maximum atomic E-state index is 12.0. The van der Waals surface area contributed by atoms with Gasteiger partial charge in [-0.1, -0.05) is 30.3 Å². The molecule has 2 rings (SSSR count). The predicted molar refractivity (Wildman–Crippen MR) is 83.9 cm³/mol. The summed E-state index contributed by atoms with van der Waals surface area (Å²) >= 11 is 0. The number of ether oxygens (including phenoxy) is 1. The Morgan fingerprint density at radius 3 is 2.90 bits per heavy atom. The highest BCUT2D eigenvalue weighted by atomic mass is 16.5. The van der Waals surface area contributed by atoms with Crippen LogP contribution in [-0.2, 0) is 16.1 Å². The van der Waals surface area contributed by atoms with Crippen LogP contribution in [0, 0.1) is 5.92 Å². The van der Waals surface area contributed by atoms with Crippen molar-refractivity contribution in [1.29, 1.82) is 0 Å². The number of rotatable bonds is 8. The van der Waals surface area contributed by atoms with Gasteiger partial charge in [-0.05, 0) is 37.4 Å². The van der Waals surface area contributed by atoms with Crippen molar-refractivity contribution < 1.29 is 9.53 Å². The van der Waals surface area contributed by atoms with Gasteiger partial charge in [0.25, 0.3) is 0 Å². The molecule has 0 bridgehead atoms. The normalized spacial score (nSPS) is 17.9. The predicted octanol–water partition coefficient (Wildman–Crippen LogP) is 2.05. The third-order valence-electron chi connectivity index (χ3n) is 4.04. The van der Waals surface area contributed by atoms with Crippen molar-refractivity contribution in [2.45, 2.75) is 25.9 Å². The Balaban J connectivity index is 1.55. The molecule has 1 aromatic rings. The van der Waals surface area contributed by atoms with E-state index in [1.165, 1.54) is 12.0 Å². The van der Waals surface area contributed by atoms with Gasteiger partial charge in [-0.15, -0.1) is 0 Å². The first kappa shape index (κ1) is 16.0. The lowest BCUT2D eigenvalue weighted by Gasteiger charge is -2.18. The fraction of sp³-hybridized carbons (Fsp3) is 0.588. The molecule has 1 aliphatic rings. The molecule has 1 aliphatic heterocycles. The number of amides is 1. The fourth-order valence-electron chi connectivity index (χ4n) is 2.57. The van der Waals surface area contributed by atoms with Crippen molar-refractivity contribution in [1.82, 2.24) is 10.2 Å². The molecular weight excluding hydrogens is 264 g/mol. The summed E-state index contributed by atoms with van der Waals surface area (Å²) in [5, 5.41) is 3.34. The topological polar surface area (TPSA) is 41.6 Å². The highest BCUT2D eigenvalue weighted by Gasteiger charge is 2.17. The zero-order valence-electron chi connectivity index (χ0n) is 12.9. The molecule has 21 heavy (non-hydrogen) atoms. The number of nitrogens with zero attached hydrogens (tertiary/aromatic N) is 1. The molecule has 1 aromatic carbocycles. The number of carbonyl (C=O) groups is 1. The highest BCUT2D eigenvalue weighted by molar-refractivity contribution is 5.75. The van der Waals surface area contributed by atoms with Crippen LogP contribution in [0.2, 0.25) is 0 Å². The molecule has 1 heterocycles. The molecule has 4 heteroatoms. The van der Waals surface area contributed by atoms with Crippen LogP contribution in [-0.4, -0.2) is 44.1 Å². The molecule has 1 fully saturated rings. The Labute approximate surface area is 127 Å². The van der Waals surface area contributed by atoms with E-state index in [9.17, 15) is 4.79 Å². The minimum atomic E-state index is 0.227. The monoisotopic (exact) mass is 290 g/mol. The smallest absolute Gasteiger partial charge is 0.222 e. The van der Waals surface area contributed by atoms with Crippen molar-refractivity contribution in [3.05, 3.63) is 35.9 Å². The number of nitrogens with one attached hydrogen (secondary N) is 1. The summed E-state index contributed by atoms with van der Waals surface area (Å²) in [7, 11) is 1.86. The largest absolute Gasteiger partial charge is 0.375 e. The van der Waals surface area contributed by atoms with Gasteiger partial charge in [-0.25, -0.2) is 0 Å². The SMILES string of the molecule is CN(CCOCc1ccccc1)C(=O)CCC1CCNC1. The van der Waals surface area contributed by atoms with Gasteiger partial charge >= 0.3 is 0 Å². The van der Waals surface area contributed by atoms with Crippen LogP contribution in [0.5, 0.6) is 0 Å². The lowest BCUT2D eigenvalue weighted by Crippen LogP contribution is -2.30. The second-order valence-corrected chi connectivity index (χ2v) is 5.75. The van der Waals surface area contributed by atoms with Crippen molar-refractivity contribution in [3.8, 4) is 0 Å². The summed E-state index contributed by atoms with van der Waals surface area (Å²) < 4.78 is 5.61. The van der Waals surface area contributed by atoms with Crippen LogP contribution in [0.25, 0.3) is 0 Å². The van der Waals surface area contributed by atoms with E-state index in [2.05, 4.69) is 5.32 Å². The first-order valence-corrected chi connectivity index (χ1v) is 7.82. The number of carbonyl (C=O) groups excluding carboxylic acids is 1. The van der Waals surface area contributed by atoms with Crippen LogP contribution in [0.15, 0.2) is 30.3 Å². The maximum Gasteiger partial charge on any atom is 0.222 e. The second kappa shape index (κ2) is 8.80. The average molecular weight is 290 g/mol. The molecule has 0 aliphatic carbocycles. The van der Waals surface area contributed by atoms with Gasteiger partial charge in [0.1, 0.15) is 0 Å². The minimum Gasteiger partial charge on any atom is -0.375 e. The van der Waals surface area contributed by atoms with E-state index in [1.807, 2.05) is 37.4 Å². The Hall–Kier alpha value is -1.39. The molecule has 1 atom stereocenters. The summed E-state index contributed by atoms with van der Waals surface area (Å²) in [5.74, 6) is 0.905. The van der Waals surface area contributed by atoms with Gasteiger partial charge in [0.15, 0.2) is 0 Å². The van der Waals surface area contributed by atoms with Crippen LogP contribution in [0.3, 0.4) is 0 Å². The van der Waals surface area contributed by atoms with Gasteiger partial charge in [0.2, 0.25) is 5.91 Å². The molecular formula is C17H26N2O2. The Morgan fingerprint density at radius 1 is 1.38 bits per heavy atom. The standard InChI is InChI=1S/C17H26N2O2/c1-19(17(20)8-7-15-9-10-18-13-15)11-12-21-14-16-5-3-2-4-6-16/h2-6,15,18H,7-14H2,1H3. The second-order valence-electron chi connectivity index (χ2n) is 5.75. The molecule has 116 valence electrons. The Morgan fingerprint density at radius 2 is 2.19 bits per heavy atom. The molecule has 1 unspecified atom stereocenters. The van der Waals surface area contributed by atoms with Gasteiger partial charge in [0, 0.05) is 20.0 Å². The molecule has 0 saturated carbocycles.